The zero-order valence-electron chi connectivity index (χ0n) is 8.04. The highest BCUT2D eigenvalue weighted by atomic mass is 16.5. The molecule has 4 heteroatoms. The number of amides is 1. The number of nitrogens with zero attached hydrogens (tertiary/aromatic N) is 2. The van der Waals surface area contributed by atoms with Crippen molar-refractivity contribution in [2.75, 3.05) is 40.4 Å². The fraction of sp³-hybridized carbons (Fsp3) is 0.667. The molecule has 1 fully saturated rings. The van der Waals surface area contributed by atoms with Gasteiger partial charge < -0.3 is 14.5 Å². The maximum atomic E-state index is 11.1. The maximum Gasteiger partial charge on any atom is 0.299 e. The summed E-state index contributed by atoms with van der Waals surface area (Å²) in [6.45, 7) is 2.97. The summed E-state index contributed by atoms with van der Waals surface area (Å²) in [5.41, 5.74) is 0. The highest BCUT2D eigenvalue weighted by Crippen LogP contribution is 1.93. The van der Waals surface area contributed by atoms with Crippen LogP contribution in [0.1, 0.15) is 0 Å². The van der Waals surface area contributed by atoms with Gasteiger partial charge in [0, 0.05) is 39.1 Å². The van der Waals surface area contributed by atoms with E-state index < -0.39 is 0 Å². The van der Waals surface area contributed by atoms with Crippen molar-refractivity contribution in [1.29, 1.82) is 0 Å². The van der Waals surface area contributed by atoms with Gasteiger partial charge >= 0.3 is 0 Å². The van der Waals surface area contributed by atoms with Crippen LogP contribution in [0.15, 0.2) is 0 Å². The van der Waals surface area contributed by atoms with Crippen LogP contribution in [0, 0.1) is 12.0 Å². The molecule has 0 aromatic carbocycles. The molecule has 0 saturated carbocycles. The summed E-state index contributed by atoms with van der Waals surface area (Å²) in [6, 6.07) is 2.81. The first-order valence-corrected chi connectivity index (χ1v) is 4.26. The molecule has 0 aliphatic carbocycles. The first-order valence-electron chi connectivity index (χ1n) is 4.26. The quantitative estimate of drug-likeness (QED) is 0.467. The molecule has 0 atom stereocenters. The van der Waals surface area contributed by atoms with Gasteiger partial charge in [0.25, 0.3) is 5.91 Å². The molecule has 1 amide bonds. The molecule has 0 radical (unpaired) electrons. The van der Waals surface area contributed by atoms with Gasteiger partial charge in [-0.3, -0.25) is 4.79 Å². The number of morpholine rings is 1. The van der Waals surface area contributed by atoms with Crippen molar-refractivity contribution in [3.8, 4) is 12.0 Å². The molecule has 0 spiro atoms. The van der Waals surface area contributed by atoms with E-state index >= 15 is 0 Å². The van der Waals surface area contributed by atoms with E-state index in [1.807, 2.05) is 4.90 Å². The topological polar surface area (TPSA) is 32.8 Å². The van der Waals surface area contributed by atoms with Crippen LogP contribution in [0.25, 0.3) is 0 Å². The van der Waals surface area contributed by atoms with Gasteiger partial charge in [0.1, 0.15) is 0 Å². The standard InChI is InChI=1S/C9H14N2O2/c1-10(2)9(12)3-4-11-5-7-13-8-6-11/h5-8H2,1-2H3. The second-order valence-electron chi connectivity index (χ2n) is 3.04. The normalized spacial score (nSPS) is 16.0. The zero-order chi connectivity index (χ0) is 9.68. The van der Waals surface area contributed by atoms with Crippen molar-refractivity contribution in [3.63, 3.8) is 0 Å². The molecular weight excluding hydrogens is 168 g/mol. The molecule has 0 bridgehead atoms. The predicted octanol–water partition coefficient (Wildman–Crippen LogP) is -0.632. The van der Waals surface area contributed by atoms with Crippen LogP contribution in [0.3, 0.4) is 0 Å². The van der Waals surface area contributed by atoms with Gasteiger partial charge in [-0.2, -0.15) is 0 Å². The van der Waals surface area contributed by atoms with Crippen molar-refractivity contribution in [3.05, 3.63) is 0 Å². The van der Waals surface area contributed by atoms with Crippen LogP contribution in [0.4, 0.5) is 0 Å². The number of hydrogen-bond acceptors (Lipinski definition) is 3. The number of hydrogen-bond donors (Lipinski definition) is 0. The summed E-state index contributed by atoms with van der Waals surface area (Å²) in [5, 5.41) is 0. The van der Waals surface area contributed by atoms with Gasteiger partial charge in [0.2, 0.25) is 0 Å². The lowest BCUT2D eigenvalue weighted by Gasteiger charge is -2.22. The molecule has 0 aromatic rings. The fourth-order valence-corrected chi connectivity index (χ4v) is 0.914. The molecule has 4 nitrogen and oxygen atoms in total. The van der Waals surface area contributed by atoms with Crippen LogP contribution in [0.5, 0.6) is 0 Å². The number of rotatable bonds is 0. The molecule has 0 aromatic heterocycles. The molecule has 72 valence electrons. The Kier molecular flexibility index (Phi) is 3.59. The van der Waals surface area contributed by atoms with E-state index in [2.05, 4.69) is 12.0 Å². The molecule has 1 saturated heterocycles. The monoisotopic (exact) mass is 182 g/mol. The van der Waals surface area contributed by atoms with Crippen LogP contribution in [0.2, 0.25) is 0 Å². The lowest BCUT2D eigenvalue weighted by atomic mass is 10.4. The second kappa shape index (κ2) is 4.73. The summed E-state index contributed by atoms with van der Waals surface area (Å²) in [5.74, 6) is 2.40. The van der Waals surface area contributed by atoms with Crippen molar-refractivity contribution < 1.29 is 9.53 Å². The van der Waals surface area contributed by atoms with Crippen molar-refractivity contribution in [2.24, 2.45) is 0 Å². The lowest BCUT2D eigenvalue weighted by molar-refractivity contribution is -0.122. The first-order chi connectivity index (χ1) is 6.20. The SMILES string of the molecule is CN(C)C(=O)C#CN1CCOCC1. The maximum absolute atomic E-state index is 11.1. The minimum absolute atomic E-state index is 0.161. The van der Waals surface area contributed by atoms with Crippen LogP contribution < -0.4 is 0 Å². The summed E-state index contributed by atoms with van der Waals surface area (Å²) in [4.78, 5) is 14.5. The smallest absolute Gasteiger partial charge is 0.299 e. The highest BCUT2D eigenvalue weighted by Gasteiger charge is 2.06. The van der Waals surface area contributed by atoms with Gasteiger partial charge in [-0.1, -0.05) is 0 Å². The number of carbonyl (C=O) groups excluding carboxylic acids is 1. The van der Waals surface area contributed by atoms with Crippen LogP contribution in [-0.4, -0.2) is 56.1 Å². The van der Waals surface area contributed by atoms with Crippen LogP contribution >= 0.6 is 0 Å². The average Bonchev–Trinajstić information content (AvgIpc) is 2.15. The number of ether oxygens (including phenoxy) is 1. The molecule has 0 N–H and O–H groups in total. The van der Waals surface area contributed by atoms with E-state index in [9.17, 15) is 4.79 Å². The van der Waals surface area contributed by atoms with Gasteiger partial charge in [0.05, 0.1) is 13.2 Å². The first kappa shape index (κ1) is 9.87. The summed E-state index contributed by atoms with van der Waals surface area (Å²) in [6.07, 6.45) is 0. The summed E-state index contributed by atoms with van der Waals surface area (Å²) < 4.78 is 5.15. The Morgan fingerprint density at radius 3 is 2.54 bits per heavy atom. The Morgan fingerprint density at radius 1 is 1.38 bits per heavy atom. The van der Waals surface area contributed by atoms with Crippen molar-refractivity contribution >= 4 is 5.91 Å². The van der Waals surface area contributed by atoms with Crippen molar-refractivity contribution in [1.82, 2.24) is 9.80 Å². The van der Waals surface area contributed by atoms with E-state index in [4.69, 9.17) is 4.74 Å². The largest absolute Gasteiger partial charge is 0.378 e. The summed E-state index contributed by atoms with van der Waals surface area (Å²) in [7, 11) is 3.38. The van der Waals surface area contributed by atoms with Crippen molar-refractivity contribution in [2.45, 2.75) is 0 Å². The third kappa shape index (κ3) is 3.34. The average molecular weight is 182 g/mol. The number of carbonyl (C=O) groups is 1. The van der Waals surface area contributed by atoms with Gasteiger partial charge in [-0.25, -0.2) is 0 Å². The Hall–Kier alpha value is -1.21. The molecule has 1 aliphatic heterocycles. The van der Waals surface area contributed by atoms with Gasteiger partial charge in [-0.15, -0.1) is 0 Å². The van der Waals surface area contributed by atoms with E-state index in [0.717, 1.165) is 13.1 Å². The minimum atomic E-state index is -0.161. The molecule has 13 heavy (non-hydrogen) atoms. The Balaban J connectivity index is 2.40. The van der Waals surface area contributed by atoms with Gasteiger partial charge in [-0.05, 0) is 0 Å². The molecule has 1 heterocycles. The highest BCUT2D eigenvalue weighted by molar-refractivity contribution is 5.92. The van der Waals surface area contributed by atoms with Crippen LogP contribution in [-0.2, 0) is 9.53 Å². The predicted molar refractivity (Wildman–Crippen MR) is 48.9 cm³/mol. The molecular formula is C9H14N2O2. The van der Waals surface area contributed by atoms with E-state index in [1.54, 1.807) is 14.1 Å². The fourth-order valence-electron chi connectivity index (χ4n) is 0.914. The third-order valence-electron chi connectivity index (χ3n) is 1.74. The molecule has 1 rings (SSSR count). The van der Waals surface area contributed by atoms with E-state index in [-0.39, 0.29) is 5.91 Å². The van der Waals surface area contributed by atoms with Gasteiger partial charge in [0.15, 0.2) is 0 Å². The lowest BCUT2D eigenvalue weighted by Crippen LogP contribution is -2.33. The third-order valence-corrected chi connectivity index (χ3v) is 1.74. The molecule has 1 aliphatic rings. The zero-order valence-corrected chi connectivity index (χ0v) is 8.04. The van der Waals surface area contributed by atoms with E-state index in [1.165, 1.54) is 4.90 Å². The Labute approximate surface area is 78.4 Å². The summed E-state index contributed by atoms with van der Waals surface area (Å²) >= 11 is 0. The Bertz CT molecular complexity index is 234. The second-order valence-corrected chi connectivity index (χ2v) is 3.04. The Morgan fingerprint density at radius 2 is 2.00 bits per heavy atom. The molecule has 0 unspecified atom stereocenters. The minimum Gasteiger partial charge on any atom is -0.378 e. The van der Waals surface area contributed by atoms with E-state index in [0.29, 0.717) is 13.2 Å².